The van der Waals surface area contributed by atoms with Crippen LogP contribution in [0.1, 0.15) is 39.1 Å². The summed E-state index contributed by atoms with van der Waals surface area (Å²) in [5, 5.41) is 2.73. The lowest BCUT2D eigenvalue weighted by Gasteiger charge is -2.30. The average molecular weight is 438 g/mol. The third-order valence-electron chi connectivity index (χ3n) is 5.38. The highest BCUT2D eigenvalue weighted by Crippen LogP contribution is 2.20. The molecule has 1 saturated heterocycles. The van der Waals surface area contributed by atoms with Gasteiger partial charge in [-0.15, -0.1) is 0 Å². The Balaban J connectivity index is 1.57. The van der Waals surface area contributed by atoms with Gasteiger partial charge >= 0.3 is 11.9 Å². The molecule has 168 valence electrons. The average Bonchev–Trinajstić information content (AvgIpc) is 2.82. The number of piperidine rings is 1. The molecule has 1 fully saturated rings. The van der Waals surface area contributed by atoms with E-state index in [1.54, 1.807) is 41.3 Å². The quantitative estimate of drug-likeness (QED) is 0.696. The Labute approximate surface area is 186 Å². The molecule has 1 aliphatic rings. The lowest BCUT2D eigenvalue weighted by atomic mass is 9.97. The highest BCUT2D eigenvalue weighted by Gasteiger charge is 2.28. The standard InChI is InChI=1S/C24H26N2O6/c1-16-6-5-7-18(14-16)22(28)25-20-9-4-3-8-19(20)24(30)32-15-21(27)26-12-10-17(11-13-26)23(29)31-2/h3-9,14,17H,10-13,15H2,1-2H3,(H,25,28). The van der Waals surface area contributed by atoms with Crippen LogP contribution in [0.25, 0.3) is 0 Å². The van der Waals surface area contributed by atoms with Gasteiger partial charge in [-0.05, 0) is 44.0 Å². The van der Waals surface area contributed by atoms with Crippen LogP contribution in [0.15, 0.2) is 48.5 Å². The fourth-order valence-electron chi connectivity index (χ4n) is 3.58. The van der Waals surface area contributed by atoms with Gasteiger partial charge in [0.05, 0.1) is 24.3 Å². The second-order valence-corrected chi connectivity index (χ2v) is 7.62. The molecular formula is C24H26N2O6. The van der Waals surface area contributed by atoms with Gasteiger partial charge in [-0.2, -0.15) is 0 Å². The summed E-state index contributed by atoms with van der Waals surface area (Å²) in [5.74, 6) is -1.87. The first-order valence-corrected chi connectivity index (χ1v) is 10.4. The summed E-state index contributed by atoms with van der Waals surface area (Å²) in [7, 11) is 1.35. The predicted molar refractivity (Wildman–Crippen MR) is 117 cm³/mol. The summed E-state index contributed by atoms with van der Waals surface area (Å²) in [6.45, 7) is 2.28. The van der Waals surface area contributed by atoms with E-state index in [-0.39, 0.29) is 29.3 Å². The zero-order valence-corrected chi connectivity index (χ0v) is 18.1. The Hall–Kier alpha value is -3.68. The van der Waals surface area contributed by atoms with Crippen molar-refractivity contribution >= 4 is 29.4 Å². The molecule has 1 N–H and O–H groups in total. The highest BCUT2D eigenvalue weighted by molar-refractivity contribution is 6.08. The van der Waals surface area contributed by atoms with Crippen LogP contribution < -0.4 is 5.32 Å². The smallest absolute Gasteiger partial charge is 0.340 e. The van der Waals surface area contributed by atoms with E-state index in [4.69, 9.17) is 9.47 Å². The van der Waals surface area contributed by atoms with E-state index < -0.39 is 12.6 Å². The maximum absolute atomic E-state index is 12.6. The molecule has 0 bridgehead atoms. The molecule has 32 heavy (non-hydrogen) atoms. The van der Waals surface area contributed by atoms with Crippen molar-refractivity contribution in [1.82, 2.24) is 4.90 Å². The van der Waals surface area contributed by atoms with E-state index in [0.29, 0.717) is 37.2 Å². The van der Waals surface area contributed by atoms with E-state index in [2.05, 4.69) is 5.32 Å². The fraction of sp³-hybridized carbons (Fsp3) is 0.333. The molecular weight excluding hydrogens is 412 g/mol. The van der Waals surface area contributed by atoms with Gasteiger partial charge in [0.25, 0.3) is 11.8 Å². The molecule has 0 atom stereocenters. The van der Waals surface area contributed by atoms with Crippen molar-refractivity contribution in [3.63, 3.8) is 0 Å². The normalized spacial score (nSPS) is 13.9. The van der Waals surface area contributed by atoms with Gasteiger partial charge < -0.3 is 19.7 Å². The number of ether oxygens (including phenoxy) is 2. The number of carbonyl (C=O) groups excluding carboxylic acids is 4. The minimum absolute atomic E-state index is 0.158. The molecule has 2 aromatic rings. The third-order valence-corrected chi connectivity index (χ3v) is 5.38. The zero-order chi connectivity index (χ0) is 23.1. The molecule has 0 aromatic heterocycles. The molecule has 0 radical (unpaired) electrons. The molecule has 0 saturated carbocycles. The van der Waals surface area contributed by atoms with Crippen LogP contribution in [0.4, 0.5) is 5.69 Å². The zero-order valence-electron chi connectivity index (χ0n) is 18.1. The van der Waals surface area contributed by atoms with Crippen LogP contribution in [0.2, 0.25) is 0 Å². The molecule has 0 spiro atoms. The number of rotatable bonds is 6. The van der Waals surface area contributed by atoms with Gasteiger partial charge in [-0.3, -0.25) is 14.4 Å². The summed E-state index contributed by atoms with van der Waals surface area (Å²) in [5.41, 5.74) is 1.87. The highest BCUT2D eigenvalue weighted by atomic mass is 16.5. The van der Waals surface area contributed by atoms with Crippen LogP contribution in [0.3, 0.4) is 0 Å². The molecule has 8 nitrogen and oxygen atoms in total. The van der Waals surface area contributed by atoms with Crippen molar-refractivity contribution in [3.8, 4) is 0 Å². The van der Waals surface area contributed by atoms with Gasteiger partial charge in [-0.25, -0.2) is 4.79 Å². The number of amides is 2. The van der Waals surface area contributed by atoms with Crippen LogP contribution in [-0.2, 0) is 19.1 Å². The second-order valence-electron chi connectivity index (χ2n) is 7.62. The lowest BCUT2D eigenvalue weighted by Crippen LogP contribution is -2.42. The molecule has 0 unspecified atom stereocenters. The molecule has 2 amide bonds. The molecule has 8 heteroatoms. The Bertz CT molecular complexity index is 1010. The first kappa shape index (κ1) is 23.0. The van der Waals surface area contributed by atoms with E-state index in [9.17, 15) is 19.2 Å². The van der Waals surface area contributed by atoms with Crippen molar-refractivity contribution in [2.24, 2.45) is 5.92 Å². The first-order valence-electron chi connectivity index (χ1n) is 10.4. The summed E-state index contributed by atoms with van der Waals surface area (Å²) >= 11 is 0. The number of anilines is 1. The topological polar surface area (TPSA) is 102 Å². The molecule has 1 aliphatic heterocycles. The summed E-state index contributed by atoms with van der Waals surface area (Å²) in [4.78, 5) is 50.7. The monoisotopic (exact) mass is 438 g/mol. The summed E-state index contributed by atoms with van der Waals surface area (Å²) in [6, 6.07) is 13.6. The van der Waals surface area contributed by atoms with Gasteiger partial charge in [0.1, 0.15) is 0 Å². The molecule has 1 heterocycles. The lowest BCUT2D eigenvalue weighted by molar-refractivity contribution is -0.149. The van der Waals surface area contributed by atoms with Crippen molar-refractivity contribution < 1.29 is 28.7 Å². The molecule has 0 aliphatic carbocycles. The van der Waals surface area contributed by atoms with E-state index in [0.717, 1.165) is 5.56 Å². The Kier molecular flexibility index (Phi) is 7.59. The number of para-hydroxylation sites is 1. The van der Waals surface area contributed by atoms with Crippen molar-refractivity contribution in [2.45, 2.75) is 19.8 Å². The first-order chi connectivity index (χ1) is 15.4. The molecule has 2 aromatic carbocycles. The van der Waals surface area contributed by atoms with Crippen molar-refractivity contribution in [3.05, 3.63) is 65.2 Å². The SMILES string of the molecule is COC(=O)C1CCN(C(=O)COC(=O)c2ccccc2NC(=O)c2cccc(C)c2)CC1. The van der Waals surface area contributed by atoms with Gasteiger partial charge in [0, 0.05) is 18.7 Å². The van der Waals surface area contributed by atoms with Crippen LogP contribution in [-0.4, -0.2) is 55.5 Å². The number of carbonyl (C=O) groups is 4. The minimum Gasteiger partial charge on any atom is -0.469 e. The van der Waals surface area contributed by atoms with Gasteiger partial charge in [0.15, 0.2) is 6.61 Å². The van der Waals surface area contributed by atoms with Crippen molar-refractivity contribution in [2.75, 3.05) is 32.1 Å². The number of nitrogens with one attached hydrogen (secondary N) is 1. The van der Waals surface area contributed by atoms with Crippen LogP contribution in [0, 0.1) is 12.8 Å². The Morgan fingerprint density at radius 3 is 2.44 bits per heavy atom. The number of hydrogen-bond donors (Lipinski definition) is 1. The summed E-state index contributed by atoms with van der Waals surface area (Å²) < 4.78 is 9.96. The molecule has 3 rings (SSSR count). The number of esters is 2. The van der Waals surface area contributed by atoms with Gasteiger partial charge in [-0.1, -0.05) is 29.8 Å². The van der Waals surface area contributed by atoms with Crippen LogP contribution in [0.5, 0.6) is 0 Å². The number of methoxy groups -OCH3 is 1. The predicted octanol–water partition coefficient (Wildman–Crippen LogP) is 2.82. The summed E-state index contributed by atoms with van der Waals surface area (Å²) in [6.07, 6.45) is 1.03. The largest absolute Gasteiger partial charge is 0.469 e. The van der Waals surface area contributed by atoms with E-state index in [1.165, 1.54) is 13.2 Å². The minimum atomic E-state index is -0.706. The fourth-order valence-corrected chi connectivity index (χ4v) is 3.58. The third kappa shape index (κ3) is 5.72. The Morgan fingerprint density at radius 1 is 1.03 bits per heavy atom. The van der Waals surface area contributed by atoms with Crippen LogP contribution >= 0.6 is 0 Å². The maximum atomic E-state index is 12.6. The van der Waals surface area contributed by atoms with E-state index in [1.807, 2.05) is 13.0 Å². The maximum Gasteiger partial charge on any atom is 0.340 e. The number of hydrogen-bond acceptors (Lipinski definition) is 6. The van der Waals surface area contributed by atoms with E-state index >= 15 is 0 Å². The number of aryl methyl sites for hydroxylation is 1. The van der Waals surface area contributed by atoms with Gasteiger partial charge in [0.2, 0.25) is 0 Å². The number of nitrogens with zero attached hydrogens (tertiary/aromatic N) is 1. The number of benzene rings is 2. The van der Waals surface area contributed by atoms with Crippen molar-refractivity contribution in [1.29, 1.82) is 0 Å². The Morgan fingerprint density at radius 2 is 1.75 bits per heavy atom. The second kappa shape index (κ2) is 10.6. The number of likely N-dealkylation sites (tertiary alicyclic amines) is 1.